The maximum absolute atomic E-state index is 11.0. The van der Waals surface area contributed by atoms with Crippen molar-refractivity contribution in [1.82, 2.24) is 20.3 Å². The SMILES string of the molecule is Cc1ccc(Oc2ccc(Nc3ncnc4ccc(C=CC(C)NC(N)=O)cc34)cc2C)cn1. The number of nitrogens with one attached hydrogen (secondary N) is 2. The maximum atomic E-state index is 11.0. The Labute approximate surface area is 197 Å². The number of hydrogen-bond donors (Lipinski definition) is 3. The first-order valence-corrected chi connectivity index (χ1v) is 10.8. The Morgan fingerprint density at radius 1 is 1.06 bits per heavy atom. The highest BCUT2D eigenvalue weighted by molar-refractivity contribution is 5.92. The molecule has 0 fully saturated rings. The van der Waals surface area contributed by atoms with Gasteiger partial charge < -0.3 is 21.1 Å². The number of amides is 2. The Morgan fingerprint density at radius 3 is 2.65 bits per heavy atom. The smallest absolute Gasteiger partial charge is 0.312 e. The van der Waals surface area contributed by atoms with E-state index < -0.39 is 6.03 Å². The van der Waals surface area contributed by atoms with E-state index in [9.17, 15) is 4.79 Å². The Bertz CT molecular complexity index is 1350. The summed E-state index contributed by atoms with van der Waals surface area (Å²) in [4.78, 5) is 24.1. The number of carbonyl (C=O) groups excluding carboxylic acids is 1. The van der Waals surface area contributed by atoms with Crippen molar-refractivity contribution in [2.45, 2.75) is 26.8 Å². The molecule has 0 aliphatic heterocycles. The topological polar surface area (TPSA) is 115 Å². The molecule has 2 heterocycles. The highest BCUT2D eigenvalue weighted by Crippen LogP contribution is 2.30. The van der Waals surface area contributed by atoms with E-state index in [1.807, 2.05) is 81.5 Å². The second kappa shape index (κ2) is 9.99. The molecule has 1 unspecified atom stereocenters. The van der Waals surface area contributed by atoms with Gasteiger partial charge >= 0.3 is 6.03 Å². The van der Waals surface area contributed by atoms with Crippen LogP contribution >= 0.6 is 0 Å². The second-order valence-electron chi connectivity index (χ2n) is 8.00. The number of hydrogen-bond acceptors (Lipinski definition) is 6. The van der Waals surface area contributed by atoms with Gasteiger partial charge in [0.05, 0.1) is 11.7 Å². The van der Waals surface area contributed by atoms with Gasteiger partial charge in [-0.1, -0.05) is 18.2 Å². The first kappa shape index (κ1) is 22.7. The zero-order chi connectivity index (χ0) is 24.1. The van der Waals surface area contributed by atoms with Crippen LogP contribution in [0.15, 0.2) is 67.1 Å². The Hall–Kier alpha value is -4.46. The summed E-state index contributed by atoms with van der Waals surface area (Å²) in [5.74, 6) is 2.14. The molecule has 1 atom stereocenters. The summed E-state index contributed by atoms with van der Waals surface area (Å²) in [6, 6.07) is 14.8. The van der Waals surface area contributed by atoms with Gasteiger partial charge in [-0.25, -0.2) is 14.8 Å². The number of anilines is 2. The minimum Gasteiger partial charge on any atom is -0.455 e. The molecule has 0 saturated carbocycles. The molecule has 8 heteroatoms. The van der Waals surface area contributed by atoms with Crippen LogP contribution in [0.3, 0.4) is 0 Å². The predicted molar refractivity (Wildman–Crippen MR) is 134 cm³/mol. The van der Waals surface area contributed by atoms with Gasteiger partial charge in [0, 0.05) is 22.8 Å². The van der Waals surface area contributed by atoms with Gasteiger partial charge in [0.25, 0.3) is 0 Å². The average Bonchev–Trinajstić information content (AvgIpc) is 2.81. The first-order valence-electron chi connectivity index (χ1n) is 10.8. The van der Waals surface area contributed by atoms with Gasteiger partial charge in [-0.15, -0.1) is 0 Å². The third-order valence-corrected chi connectivity index (χ3v) is 5.16. The summed E-state index contributed by atoms with van der Waals surface area (Å²) < 4.78 is 5.97. The molecule has 0 radical (unpaired) electrons. The van der Waals surface area contributed by atoms with E-state index >= 15 is 0 Å². The fourth-order valence-corrected chi connectivity index (χ4v) is 3.43. The van der Waals surface area contributed by atoms with Crippen LogP contribution in [0, 0.1) is 13.8 Å². The lowest BCUT2D eigenvalue weighted by molar-refractivity contribution is 0.247. The molecule has 172 valence electrons. The number of pyridine rings is 1. The maximum Gasteiger partial charge on any atom is 0.312 e. The number of nitrogens with two attached hydrogens (primary N) is 1. The molecular formula is C26H26N6O2. The second-order valence-corrected chi connectivity index (χ2v) is 8.00. The van der Waals surface area contributed by atoms with E-state index in [0.29, 0.717) is 11.6 Å². The molecule has 2 amide bonds. The zero-order valence-corrected chi connectivity index (χ0v) is 19.2. The lowest BCUT2D eigenvalue weighted by atomic mass is 10.1. The molecule has 0 aliphatic rings. The van der Waals surface area contributed by atoms with Gasteiger partial charge in [-0.2, -0.15) is 0 Å². The minimum atomic E-state index is -0.558. The quantitative estimate of drug-likeness (QED) is 0.351. The van der Waals surface area contributed by atoms with E-state index in [-0.39, 0.29) is 6.04 Å². The number of rotatable bonds is 7. The molecule has 0 aliphatic carbocycles. The van der Waals surface area contributed by atoms with Crippen molar-refractivity contribution in [3.8, 4) is 11.5 Å². The standard InChI is InChI=1S/C26H26N6O2/c1-16-12-20(8-11-24(16)34-21-9-5-17(2)28-14-21)32-25-22-13-19(6-4-18(3)31-26(27)33)7-10-23(22)29-15-30-25/h4-15,18H,1-3H3,(H3,27,31,33)(H,29,30,32). The first-order chi connectivity index (χ1) is 16.4. The number of benzene rings is 2. The van der Waals surface area contributed by atoms with Crippen molar-refractivity contribution in [2.75, 3.05) is 5.32 Å². The molecule has 8 nitrogen and oxygen atoms in total. The fraction of sp³-hybridized carbons (Fsp3) is 0.154. The molecule has 4 rings (SSSR count). The van der Waals surface area contributed by atoms with Crippen molar-refractivity contribution in [3.05, 3.63) is 84.0 Å². The molecule has 4 aromatic rings. The van der Waals surface area contributed by atoms with Crippen molar-refractivity contribution in [1.29, 1.82) is 0 Å². The van der Waals surface area contributed by atoms with Crippen LogP contribution in [0.4, 0.5) is 16.3 Å². The Balaban J connectivity index is 1.55. The third-order valence-electron chi connectivity index (χ3n) is 5.16. The van der Waals surface area contributed by atoms with E-state index in [1.165, 1.54) is 6.33 Å². The molecule has 2 aromatic carbocycles. The number of primary amides is 1. The number of nitrogens with zero attached hydrogens (tertiary/aromatic N) is 3. The number of ether oxygens (including phenoxy) is 1. The van der Waals surface area contributed by atoms with E-state index in [4.69, 9.17) is 10.5 Å². The zero-order valence-electron chi connectivity index (χ0n) is 19.2. The van der Waals surface area contributed by atoms with Crippen LogP contribution in [0.5, 0.6) is 11.5 Å². The summed E-state index contributed by atoms with van der Waals surface area (Å²) in [5.41, 5.74) is 9.75. The molecule has 0 spiro atoms. The van der Waals surface area contributed by atoms with Gasteiger partial charge in [0.15, 0.2) is 0 Å². The van der Waals surface area contributed by atoms with Crippen molar-refractivity contribution in [2.24, 2.45) is 5.73 Å². The van der Waals surface area contributed by atoms with Gasteiger partial charge in [0.1, 0.15) is 23.6 Å². The summed E-state index contributed by atoms with van der Waals surface area (Å²) in [6.07, 6.45) is 7.04. The highest BCUT2D eigenvalue weighted by atomic mass is 16.5. The van der Waals surface area contributed by atoms with E-state index in [0.717, 1.165) is 39.2 Å². The lowest BCUT2D eigenvalue weighted by Crippen LogP contribution is -2.35. The van der Waals surface area contributed by atoms with Gasteiger partial charge in [0.2, 0.25) is 0 Å². The van der Waals surface area contributed by atoms with Crippen LogP contribution in [-0.2, 0) is 0 Å². The number of aromatic nitrogens is 3. The molecule has 0 bridgehead atoms. The molecule has 34 heavy (non-hydrogen) atoms. The summed E-state index contributed by atoms with van der Waals surface area (Å²) in [6.45, 7) is 5.78. The summed E-state index contributed by atoms with van der Waals surface area (Å²) in [5, 5.41) is 6.89. The van der Waals surface area contributed by atoms with Crippen LogP contribution in [0.1, 0.15) is 23.7 Å². The minimum absolute atomic E-state index is 0.183. The highest BCUT2D eigenvalue weighted by Gasteiger charge is 2.08. The number of urea groups is 1. The van der Waals surface area contributed by atoms with Crippen LogP contribution in [0.25, 0.3) is 17.0 Å². The number of aryl methyl sites for hydroxylation is 2. The predicted octanol–water partition coefficient (Wildman–Crippen LogP) is 5.25. The Kier molecular flexibility index (Phi) is 6.68. The van der Waals surface area contributed by atoms with Crippen LogP contribution in [-0.4, -0.2) is 27.0 Å². The number of fused-ring (bicyclic) bond motifs is 1. The van der Waals surface area contributed by atoms with Gasteiger partial charge in [-0.3, -0.25) is 4.98 Å². The number of carbonyl (C=O) groups is 1. The summed E-state index contributed by atoms with van der Waals surface area (Å²) >= 11 is 0. The largest absolute Gasteiger partial charge is 0.455 e. The average molecular weight is 455 g/mol. The fourth-order valence-electron chi connectivity index (χ4n) is 3.43. The van der Waals surface area contributed by atoms with Crippen molar-refractivity contribution < 1.29 is 9.53 Å². The molecule has 2 aromatic heterocycles. The van der Waals surface area contributed by atoms with Crippen molar-refractivity contribution >= 4 is 34.5 Å². The normalized spacial score (nSPS) is 12.0. The third kappa shape index (κ3) is 5.66. The van der Waals surface area contributed by atoms with E-state index in [2.05, 4.69) is 25.6 Å². The molecular weight excluding hydrogens is 428 g/mol. The molecule has 4 N–H and O–H groups in total. The van der Waals surface area contributed by atoms with Crippen LogP contribution in [0.2, 0.25) is 0 Å². The van der Waals surface area contributed by atoms with E-state index in [1.54, 1.807) is 6.20 Å². The molecule has 0 saturated heterocycles. The lowest BCUT2D eigenvalue weighted by Gasteiger charge is -2.13. The van der Waals surface area contributed by atoms with Gasteiger partial charge in [-0.05, 0) is 74.4 Å². The summed E-state index contributed by atoms with van der Waals surface area (Å²) in [7, 11) is 0. The van der Waals surface area contributed by atoms with Crippen molar-refractivity contribution in [3.63, 3.8) is 0 Å². The Morgan fingerprint density at radius 2 is 1.91 bits per heavy atom. The monoisotopic (exact) mass is 454 g/mol. The van der Waals surface area contributed by atoms with Crippen LogP contribution < -0.4 is 21.1 Å².